The van der Waals surface area contributed by atoms with Crippen molar-refractivity contribution in [3.05, 3.63) is 59.2 Å². The van der Waals surface area contributed by atoms with Gasteiger partial charge in [0, 0.05) is 50.1 Å². The molecule has 2 N–H and O–H groups in total. The van der Waals surface area contributed by atoms with Crippen LogP contribution in [-0.2, 0) is 17.1 Å². The number of alkyl halides is 6. The third-order valence-corrected chi connectivity index (χ3v) is 6.45. The zero-order valence-electron chi connectivity index (χ0n) is 18.4. The first-order valence-electron chi connectivity index (χ1n) is 10.9. The van der Waals surface area contributed by atoms with Gasteiger partial charge in [-0.2, -0.15) is 36.0 Å². The summed E-state index contributed by atoms with van der Waals surface area (Å²) < 4.78 is 94.0. The Morgan fingerprint density at radius 3 is 2.28 bits per heavy atom. The molecule has 1 atom stereocenters. The van der Waals surface area contributed by atoms with Crippen LogP contribution in [-0.4, -0.2) is 51.6 Å². The highest BCUT2D eigenvalue weighted by atomic mass is 19.4. The van der Waals surface area contributed by atoms with Crippen molar-refractivity contribution in [3.63, 3.8) is 0 Å². The van der Waals surface area contributed by atoms with Gasteiger partial charge >= 0.3 is 12.4 Å². The third-order valence-electron chi connectivity index (χ3n) is 6.45. The number of carbonyl (C=O) groups excluding carboxylic acids is 1. The van der Waals surface area contributed by atoms with E-state index in [0.29, 0.717) is 48.3 Å². The maximum atomic E-state index is 13.5. The molecule has 1 unspecified atom stereocenters. The van der Waals surface area contributed by atoms with Gasteiger partial charge in [-0.15, -0.1) is 0 Å². The van der Waals surface area contributed by atoms with E-state index in [-0.39, 0.29) is 23.7 Å². The number of fused-ring (bicyclic) bond motifs is 1. The van der Waals surface area contributed by atoms with Crippen molar-refractivity contribution in [2.24, 2.45) is 5.41 Å². The second-order valence-corrected chi connectivity index (χ2v) is 9.13. The minimum atomic E-state index is -4.90. The fourth-order valence-corrected chi connectivity index (χ4v) is 4.74. The minimum absolute atomic E-state index is 0.0271. The number of hydrogen-bond acceptors (Lipinski definition) is 5. The summed E-state index contributed by atoms with van der Waals surface area (Å²) in [5.74, 6) is -0.870. The number of amides is 1. The standard InChI is InChI=1S/C22H19F7N6O/c23-13-3-1-12(2-4-13)14(34-10-20(11-34)7-19(36)31-9-20)8-30-17-5-15(21(24,25)26)32-18-6-16(22(27,28)29)33-35(17)18/h1-6,14,30H,7-11H2,(H,31,36). The lowest BCUT2D eigenvalue weighted by atomic mass is 9.77. The van der Waals surface area contributed by atoms with E-state index in [1.807, 2.05) is 4.90 Å². The summed E-state index contributed by atoms with van der Waals surface area (Å²) in [5, 5.41) is 8.98. The van der Waals surface area contributed by atoms with E-state index < -0.39 is 41.2 Å². The molecule has 3 aromatic rings. The predicted octanol–water partition coefficient (Wildman–Crippen LogP) is 3.88. The molecule has 0 radical (unpaired) electrons. The molecule has 2 aliphatic rings. The number of rotatable bonds is 5. The van der Waals surface area contributed by atoms with Crippen molar-refractivity contribution in [2.45, 2.75) is 24.8 Å². The van der Waals surface area contributed by atoms with Crippen LogP contribution in [0.15, 0.2) is 36.4 Å². The topological polar surface area (TPSA) is 74.6 Å². The first-order chi connectivity index (χ1) is 16.8. The second kappa shape index (κ2) is 8.32. The van der Waals surface area contributed by atoms with Gasteiger partial charge in [-0.3, -0.25) is 9.69 Å². The quantitative estimate of drug-likeness (QED) is 0.504. The molecule has 7 nitrogen and oxygen atoms in total. The predicted molar refractivity (Wildman–Crippen MR) is 112 cm³/mol. The first-order valence-corrected chi connectivity index (χ1v) is 10.9. The molecule has 4 heterocycles. The van der Waals surface area contributed by atoms with Gasteiger partial charge in [0.05, 0.1) is 6.04 Å². The third kappa shape index (κ3) is 4.56. The van der Waals surface area contributed by atoms with E-state index in [2.05, 4.69) is 20.7 Å². The Labute approximate surface area is 199 Å². The number of carbonyl (C=O) groups is 1. The molecule has 2 saturated heterocycles. The number of likely N-dealkylation sites (tertiary alicyclic amines) is 1. The zero-order chi connectivity index (χ0) is 25.9. The van der Waals surface area contributed by atoms with E-state index in [9.17, 15) is 35.5 Å². The Balaban J connectivity index is 1.46. The molecule has 14 heteroatoms. The number of halogens is 7. The fourth-order valence-electron chi connectivity index (χ4n) is 4.74. The molecule has 0 saturated carbocycles. The summed E-state index contributed by atoms with van der Waals surface area (Å²) in [7, 11) is 0. The van der Waals surface area contributed by atoms with Crippen LogP contribution in [0.3, 0.4) is 0 Å². The van der Waals surface area contributed by atoms with Gasteiger partial charge in [0.2, 0.25) is 5.91 Å². The van der Waals surface area contributed by atoms with Gasteiger partial charge in [-0.1, -0.05) is 12.1 Å². The van der Waals surface area contributed by atoms with Crippen LogP contribution in [0.25, 0.3) is 5.65 Å². The summed E-state index contributed by atoms with van der Waals surface area (Å²) in [4.78, 5) is 17.0. The van der Waals surface area contributed by atoms with Crippen LogP contribution in [0, 0.1) is 11.2 Å². The van der Waals surface area contributed by atoms with Crippen LogP contribution in [0.5, 0.6) is 0 Å². The lowest BCUT2D eigenvalue weighted by molar-refractivity contribution is -0.142. The highest BCUT2D eigenvalue weighted by molar-refractivity contribution is 5.79. The Hall–Kier alpha value is -3.42. The Bertz CT molecular complexity index is 1300. The van der Waals surface area contributed by atoms with E-state index in [1.165, 1.54) is 24.3 Å². The average molecular weight is 516 g/mol. The summed E-state index contributed by atoms with van der Waals surface area (Å²) in [6.07, 6.45) is -9.43. The Morgan fingerprint density at radius 2 is 1.69 bits per heavy atom. The number of benzene rings is 1. The van der Waals surface area contributed by atoms with Gasteiger partial charge in [-0.05, 0) is 17.7 Å². The van der Waals surface area contributed by atoms with Crippen molar-refractivity contribution in [1.29, 1.82) is 0 Å². The zero-order valence-corrected chi connectivity index (χ0v) is 18.4. The van der Waals surface area contributed by atoms with Gasteiger partial charge < -0.3 is 10.6 Å². The molecule has 0 aliphatic carbocycles. The molecule has 2 aliphatic heterocycles. The van der Waals surface area contributed by atoms with E-state index >= 15 is 0 Å². The van der Waals surface area contributed by atoms with Crippen molar-refractivity contribution in [3.8, 4) is 0 Å². The van der Waals surface area contributed by atoms with Crippen molar-refractivity contribution in [2.75, 3.05) is 31.5 Å². The summed E-state index contributed by atoms with van der Waals surface area (Å²) in [6, 6.07) is 6.12. The van der Waals surface area contributed by atoms with Crippen LogP contribution in [0.4, 0.5) is 36.6 Å². The number of hydrogen-bond donors (Lipinski definition) is 2. The minimum Gasteiger partial charge on any atom is -0.368 e. The van der Waals surface area contributed by atoms with Crippen LogP contribution in [0.2, 0.25) is 0 Å². The largest absolute Gasteiger partial charge is 0.435 e. The van der Waals surface area contributed by atoms with Gasteiger partial charge in [-0.25, -0.2) is 9.37 Å². The molecule has 2 aromatic heterocycles. The van der Waals surface area contributed by atoms with E-state index in [1.54, 1.807) is 0 Å². The molecule has 192 valence electrons. The summed E-state index contributed by atoms with van der Waals surface area (Å²) in [5.41, 5.74) is -2.98. The highest BCUT2D eigenvalue weighted by Gasteiger charge is 2.50. The molecular weight excluding hydrogens is 497 g/mol. The smallest absolute Gasteiger partial charge is 0.368 e. The lowest BCUT2D eigenvalue weighted by Gasteiger charge is -2.51. The molecule has 2 fully saturated rings. The molecule has 1 spiro atoms. The molecule has 36 heavy (non-hydrogen) atoms. The Kier molecular flexibility index (Phi) is 5.61. The number of nitrogens with zero attached hydrogens (tertiary/aromatic N) is 4. The van der Waals surface area contributed by atoms with Crippen LogP contribution in [0.1, 0.15) is 29.4 Å². The SMILES string of the molecule is O=C1CC2(CN1)CN(C(CNc1cc(C(F)(F)F)nc3cc(C(F)(F)F)nn13)c1ccc(F)cc1)C2. The molecular formula is C22H19F7N6O. The molecule has 1 aromatic carbocycles. The summed E-state index contributed by atoms with van der Waals surface area (Å²) in [6.45, 7) is 1.49. The Morgan fingerprint density at radius 1 is 1.03 bits per heavy atom. The maximum Gasteiger partial charge on any atom is 0.435 e. The molecule has 5 rings (SSSR count). The average Bonchev–Trinajstić information content (AvgIpc) is 3.38. The van der Waals surface area contributed by atoms with Crippen LogP contribution >= 0.6 is 0 Å². The van der Waals surface area contributed by atoms with E-state index in [4.69, 9.17) is 0 Å². The second-order valence-electron chi connectivity index (χ2n) is 9.13. The van der Waals surface area contributed by atoms with Gasteiger partial charge in [0.1, 0.15) is 11.6 Å². The molecule has 1 amide bonds. The highest BCUT2D eigenvalue weighted by Crippen LogP contribution is 2.41. The fraction of sp³-hybridized carbons (Fsp3) is 0.409. The van der Waals surface area contributed by atoms with E-state index in [0.717, 1.165) is 0 Å². The normalized spacial score (nSPS) is 18.9. The van der Waals surface area contributed by atoms with Gasteiger partial charge in [0.25, 0.3) is 0 Å². The summed E-state index contributed by atoms with van der Waals surface area (Å²) >= 11 is 0. The lowest BCUT2D eigenvalue weighted by Crippen LogP contribution is -2.59. The molecule has 0 bridgehead atoms. The van der Waals surface area contributed by atoms with Crippen LogP contribution < -0.4 is 10.6 Å². The maximum absolute atomic E-state index is 13.5. The number of nitrogens with one attached hydrogen (secondary N) is 2. The number of aromatic nitrogens is 3. The monoisotopic (exact) mass is 516 g/mol. The van der Waals surface area contributed by atoms with Crippen molar-refractivity contribution in [1.82, 2.24) is 24.8 Å². The van der Waals surface area contributed by atoms with Crippen molar-refractivity contribution >= 4 is 17.4 Å². The van der Waals surface area contributed by atoms with Gasteiger partial charge in [0.15, 0.2) is 17.0 Å². The number of anilines is 1. The van der Waals surface area contributed by atoms with Crippen molar-refractivity contribution < 1.29 is 35.5 Å². The first kappa shape index (κ1) is 24.3.